The van der Waals surface area contributed by atoms with Crippen molar-refractivity contribution in [1.82, 2.24) is 30.0 Å². The molecular formula is C20H22N6O. The Hall–Kier alpha value is -3.06. The predicted octanol–water partition coefficient (Wildman–Crippen LogP) is 2.05. The fourth-order valence-corrected chi connectivity index (χ4v) is 3.47. The zero-order valence-electron chi connectivity index (χ0n) is 15.0. The number of carbonyl (C=O) groups is 1. The van der Waals surface area contributed by atoms with Crippen molar-refractivity contribution < 1.29 is 4.79 Å². The topological polar surface area (TPSA) is 75.9 Å². The van der Waals surface area contributed by atoms with E-state index < -0.39 is 0 Å². The summed E-state index contributed by atoms with van der Waals surface area (Å²) in [7, 11) is 0. The number of carbonyl (C=O) groups excluding carboxylic acids is 1. The summed E-state index contributed by atoms with van der Waals surface area (Å²) in [6, 6.07) is 11.8. The predicted molar refractivity (Wildman–Crippen MR) is 101 cm³/mol. The summed E-state index contributed by atoms with van der Waals surface area (Å²) >= 11 is 0. The van der Waals surface area contributed by atoms with Crippen molar-refractivity contribution in [2.45, 2.75) is 25.6 Å². The van der Waals surface area contributed by atoms with Crippen molar-refractivity contribution >= 4 is 5.91 Å². The highest BCUT2D eigenvalue weighted by atomic mass is 16.1. The van der Waals surface area contributed by atoms with Gasteiger partial charge >= 0.3 is 0 Å². The van der Waals surface area contributed by atoms with Gasteiger partial charge in [0.05, 0.1) is 23.0 Å². The third-order valence-electron chi connectivity index (χ3n) is 4.75. The first-order valence-electron chi connectivity index (χ1n) is 9.12. The molecule has 0 spiro atoms. The number of fused-ring (bicyclic) bond motifs is 1. The molecule has 27 heavy (non-hydrogen) atoms. The molecule has 0 saturated heterocycles. The number of rotatable bonds is 6. The van der Waals surface area contributed by atoms with Crippen molar-refractivity contribution in [2.75, 3.05) is 13.1 Å². The first-order chi connectivity index (χ1) is 13.3. The summed E-state index contributed by atoms with van der Waals surface area (Å²) in [4.78, 5) is 23.0. The van der Waals surface area contributed by atoms with E-state index in [4.69, 9.17) is 0 Å². The molecule has 7 nitrogen and oxygen atoms in total. The lowest BCUT2D eigenvalue weighted by atomic mass is 10.1. The normalized spacial score (nSPS) is 16.7. The molecular weight excluding hydrogens is 340 g/mol. The van der Waals surface area contributed by atoms with E-state index in [1.807, 2.05) is 24.5 Å². The Kier molecular flexibility index (Phi) is 5.20. The molecule has 0 fully saturated rings. The molecule has 1 amide bonds. The second kappa shape index (κ2) is 8.09. The summed E-state index contributed by atoms with van der Waals surface area (Å²) in [5.74, 6) is -0.0926. The van der Waals surface area contributed by atoms with E-state index in [-0.39, 0.29) is 11.9 Å². The summed E-state index contributed by atoms with van der Waals surface area (Å²) in [6.07, 6.45) is 7.74. The van der Waals surface area contributed by atoms with Crippen LogP contribution < -0.4 is 5.32 Å². The van der Waals surface area contributed by atoms with Crippen LogP contribution in [0.25, 0.3) is 0 Å². The van der Waals surface area contributed by atoms with Gasteiger partial charge < -0.3 is 5.32 Å². The second-order valence-corrected chi connectivity index (χ2v) is 6.70. The zero-order chi connectivity index (χ0) is 18.5. The zero-order valence-corrected chi connectivity index (χ0v) is 15.0. The molecule has 138 valence electrons. The lowest BCUT2D eigenvalue weighted by Gasteiger charge is -2.33. The maximum absolute atomic E-state index is 12.2. The molecule has 4 heterocycles. The summed E-state index contributed by atoms with van der Waals surface area (Å²) in [5.41, 5.74) is 2.84. The van der Waals surface area contributed by atoms with E-state index in [2.05, 4.69) is 42.1 Å². The van der Waals surface area contributed by atoms with Crippen molar-refractivity contribution in [1.29, 1.82) is 0 Å². The molecule has 4 rings (SSSR count). The minimum Gasteiger partial charge on any atom is -0.352 e. The number of hydrogen-bond acceptors (Lipinski definition) is 5. The van der Waals surface area contributed by atoms with Crippen LogP contribution in [-0.4, -0.2) is 43.6 Å². The summed E-state index contributed by atoms with van der Waals surface area (Å²) in [5, 5.41) is 7.47. The quantitative estimate of drug-likeness (QED) is 0.726. The van der Waals surface area contributed by atoms with Gasteiger partial charge in [0.1, 0.15) is 0 Å². The van der Waals surface area contributed by atoms with Crippen molar-refractivity contribution in [3.63, 3.8) is 0 Å². The van der Waals surface area contributed by atoms with E-state index in [1.165, 1.54) is 5.69 Å². The van der Waals surface area contributed by atoms with Crippen LogP contribution in [0.3, 0.4) is 0 Å². The fourth-order valence-electron chi connectivity index (χ4n) is 3.47. The van der Waals surface area contributed by atoms with E-state index in [1.54, 1.807) is 24.5 Å². The van der Waals surface area contributed by atoms with Crippen LogP contribution in [0.1, 0.15) is 34.2 Å². The van der Waals surface area contributed by atoms with Crippen LogP contribution >= 0.6 is 0 Å². The van der Waals surface area contributed by atoms with Gasteiger partial charge in [0.2, 0.25) is 0 Å². The third-order valence-corrected chi connectivity index (χ3v) is 4.75. The molecule has 1 aliphatic rings. The Morgan fingerprint density at radius 2 is 2.11 bits per heavy atom. The Bertz CT molecular complexity index is 880. The van der Waals surface area contributed by atoms with Gasteiger partial charge in [-0.25, -0.2) is 0 Å². The molecule has 1 N–H and O–H groups in total. The third kappa shape index (κ3) is 4.20. The highest BCUT2D eigenvalue weighted by molar-refractivity contribution is 5.93. The molecule has 3 aromatic heterocycles. The molecule has 1 atom stereocenters. The van der Waals surface area contributed by atoms with E-state index in [0.29, 0.717) is 12.1 Å². The van der Waals surface area contributed by atoms with Crippen molar-refractivity contribution in [3.05, 3.63) is 78.1 Å². The number of nitrogens with one attached hydrogen (secondary N) is 1. The number of hydrogen-bond donors (Lipinski definition) is 1. The van der Waals surface area contributed by atoms with E-state index in [9.17, 15) is 4.79 Å². The maximum atomic E-state index is 12.2. The van der Waals surface area contributed by atoms with Crippen LogP contribution in [-0.2, 0) is 13.1 Å². The molecule has 0 unspecified atom stereocenters. The highest BCUT2D eigenvalue weighted by Crippen LogP contribution is 2.23. The Morgan fingerprint density at radius 1 is 1.15 bits per heavy atom. The van der Waals surface area contributed by atoms with Crippen LogP contribution in [0.15, 0.2) is 61.2 Å². The average molecular weight is 362 g/mol. The Balaban J connectivity index is 1.37. The number of pyridine rings is 2. The molecule has 7 heteroatoms. The molecule has 0 radical (unpaired) electrons. The minimum absolute atomic E-state index is 0.0926. The fraction of sp³-hybridized carbons (Fsp3) is 0.300. The van der Waals surface area contributed by atoms with Gasteiger partial charge in [-0.3, -0.25) is 24.3 Å². The number of amides is 1. The summed E-state index contributed by atoms with van der Waals surface area (Å²) < 4.78 is 2.09. The van der Waals surface area contributed by atoms with Crippen LogP contribution in [0.5, 0.6) is 0 Å². The van der Waals surface area contributed by atoms with Gasteiger partial charge in [-0.2, -0.15) is 5.10 Å². The first-order valence-corrected chi connectivity index (χ1v) is 9.12. The molecule has 0 aliphatic carbocycles. The van der Waals surface area contributed by atoms with Crippen molar-refractivity contribution in [2.24, 2.45) is 0 Å². The van der Waals surface area contributed by atoms with Crippen LogP contribution in [0.4, 0.5) is 0 Å². The highest BCUT2D eigenvalue weighted by Gasteiger charge is 2.25. The smallest absolute Gasteiger partial charge is 0.252 e. The average Bonchev–Trinajstić information content (AvgIpc) is 3.18. The largest absolute Gasteiger partial charge is 0.352 e. The van der Waals surface area contributed by atoms with Gasteiger partial charge in [-0.1, -0.05) is 6.07 Å². The van der Waals surface area contributed by atoms with E-state index >= 15 is 0 Å². The Morgan fingerprint density at radius 3 is 2.93 bits per heavy atom. The number of aromatic nitrogens is 4. The van der Waals surface area contributed by atoms with Crippen LogP contribution in [0.2, 0.25) is 0 Å². The lowest BCUT2D eigenvalue weighted by Crippen LogP contribution is -2.39. The SMILES string of the molecule is O=C(NCC[C@H]1CN(Cc2ccccn2)Cc2ccnn21)c1cccnc1. The molecule has 0 aromatic carbocycles. The summed E-state index contributed by atoms with van der Waals surface area (Å²) in [6.45, 7) is 3.14. The van der Waals surface area contributed by atoms with Gasteiger partial charge in [-0.05, 0) is 36.8 Å². The minimum atomic E-state index is -0.0926. The Labute approximate surface area is 158 Å². The van der Waals surface area contributed by atoms with Gasteiger partial charge in [0.25, 0.3) is 5.91 Å². The van der Waals surface area contributed by atoms with Gasteiger partial charge in [-0.15, -0.1) is 0 Å². The molecule has 0 bridgehead atoms. The first kappa shape index (κ1) is 17.4. The molecule has 0 saturated carbocycles. The number of nitrogens with zero attached hydrogens (tertiary/aromatic N) is 5. The van der Waals surface area contributed by atoms with Crippen LogP contribution in [0, 0.1) is 0 Å². The molecule has 3 aromatic rings. The molecule has 1 aliphatic heterocycles. The lowest BCUT2D eigenvalue weighted by molar-refractivity contribution is 0.0946. The van der Waals surface area contributed by atoms with E-state index in [0.717, 1.165) is 31.7 Å². The standard InChI is InChI=1S/C20H22N6O/c27-20(16-4-3-8-21-12-16)23-10-6-18-14-25(13-17-5-1-2-9-22-17)15-19-7-11-24-26(18)19/h1-5,7-9,11-12,18H,6,10,13-15H2,(H,23,27)/t18-/m0/s1. The second-order valence-electron chi connectivity index (χ2n) is 6.70. The maximum Gasteiger partial charge on any atom is 0.252 e. The van der Waals surface area contributed by atoms with Gasteiger partial charge in [0, 0.05) is 51.0 Å². The van der Waals surface area contributed by atoms with Gasteiger partial charge in [0.15, 0.2) is 0 Å². The van der Waals surface area contributed by atoms with Crippen molar-refractivity contribution in [3.8, 4) is 0 Å². The monoisotopic (exact) mass is 362 g/mol.